The molecule has 3 aromatic rings. The van der Waals surface area contributed by atoms with Crippen LogP contribution in [-0.2, 0) is 6.42 Å². The van der Waals surface area contributed by atoms with Gasteiger partial charge in [-0.05, 0) is 18.6 Å². The van der Waals surface area contributed by atoms with Crippen LogP contribution in [-0.4, -0.2) is 15.2 Å². The molecule has 0 radical (unpaired) electrons. The minimum Gasteiger partial charge on any atom is -0.297 e. The molecule has 0 aliphatic rings. The number of hydrogen-bond donors (Lipinski definition) is 0. The number of benzene rings is 1. The smallest absolute Gasteiger partial charge is 0.193 e. The van der Waals surface area contributed by atoms with Crippen LogP contribution in [0.25, 0.3) is 4.96 Å². The molecule has 3 rings (SSSR count). The molecule has 0 aliphatic heterocycles. The molecule has 19 heavy (non-hydrogen) atoms. The molecule has 0 N–H and O–H groups in total. The molecule has 3 nitrogen and oxygen atoms in total. The lowest BCUT2D eigenvalue weighted by molar-refractivity contribution is 0.0992. The van der Waals surface area contributed by atoms with E-state index >= 15 is 0 Å². The molecule has 0 amide bonds. The van der Waals surface area contributed by atoms with E-state index in [0.717, 1.165) is 16.2 Å². The van der Waals surface area contributed by atoms with Crippen LogP contribution in [0.4, 0.5) is 0 Å². The van der Waals surface area contributed by atoms with Gasteiger partial charge >= 0.3 is 0 Å². The Hall–Kier alpha value is -1.65. The Morgan fingerprint density at radius 1 is 1.47 bits per heavy atom. The number of fused-ring (bicyclic) bond motifs is 1. The Bertz CT molecular complexity index is 731. The fourth-order valence-electron chi connectivity index (χ4n) is 1.89. The summed E-state index contributed by atoms with van der Waals surface area (Å²) in [5, 5.41) is 2.59. The molecule has 0 unspecified atom stereocenters. The average Bonchev–Trinajstić information content (AvgIpc) is 2.93. The first-order valence-corrected chi connectivity index (χ1v) is 7.09. The van der Waals surface area contributed by atoms with Crippen LogP contribution in [0, 0.1) is 6.92 Å². The third-order valence-corrected chi connectivity index (χ3v) is 4.16. The van der Waals surface area contributed by atoms with Crippen molar-refractivity contribution in [3.05, 3.63) is 57.8 Å². The second kappa shape index (κ2) is 4.79. The number of nitrogens with zero attached hydrogens (tertiary/aromatic N) is 2. The number of aromatic nitrogens is 2. The summed E-state index contributed by atoms with van der Waals surface area (Å²) in [7, 11) is 0. The first kappa shape index (κ1) is 12.4. The molecule has 2 heterocycles. The normalized spacial score (nSPS) is 11.1. The van der Waals surface area contributed by atoms with E-state index in [0.29, 0.717) is 17.0 Å². The van der Waals surface area contributed by atoms with Gasteiger partial charge in [0.2, 0.25) is 0 Å². The van der Waals surface area contributed by atoms with Crippen molar-refractivity contribution in [1.82, 2.24) is 9.38 Å². The van der Waals surface area contributed by atoms with Crippen molar-refractivity contribution >= 4 is 33.7 Å². The largest absolute Gasteiger partial charge is 0.297 e. The zero-order valence-electron chi connectivity index (χ0n) is 10.3. The summed E-state index contributed by atoms with van der Waals surface area (Å²) < 4.78 is 1.93. The summed E-state index contributed by atoms with van der Waals surface area (Å²) >= 11 is 7.59. The Balaban J connectivity index is 1.84. The first-order valence-electron chi connectivity index (χ1n) is 5.84. The molecule has 96 valence electrons. The number of hydrogen-bond acceptors (Lipinski definition) is 3. The van der Waals surface area contributed by atoms with Gasteiger partial charge in [0.05, 0.1) is 12.1 Å². The molecule has 0 saturated carbocycles. The van der Waals surface area contributed by atoms with Gasteiger partial charge in [-0.3, -0.25) is 9.20 Å². The summed E-state index contributed by atoms with van der Waals surface area (Å²) in [4.78, 5) is 17.5. The van der Waals surface area contributed by atoms with Crippen molar-refractivity contribution in [1.29, 1.82) is 0 Å². The minimum absolute atomic E-state index is 0.0349. The SMILES string of the molecule is Cc1ccc(C(=O)Cc2cn3ccsc3n2)cc1Cl. The maximum absolute atomic E-state index is 12.2. The predicted octanol–water partition coefficient (Wildman–Crippen LogP) is 3.78. The van der Waals surface area contributed by atoms with Gasteiger partial charge in [-0.15, -0.1) is 11.3 Å². The van der Waals surface area contributed by atoms with Crippen LogP contribution in [0.3, 0.4) is 0 Å². The highest BCUT2D eigenvalue weighted by Gasteiger charge is 2.11. The van der Waals surface area contributed by atoms with E-state index in [4.69, 9.17) is 11.6 Å². The van der Waals surface area contributed by atoms with Gasteiger partial charge in [0.15, 0.2) is 10.7 Å². The number of ketones is 1. The predicted molar refractivity (Wildman–Crippen MR) is 77.3 cm³/mol. The topological polar surface area (TPSA) is 34.4 Å². The number of aryl methyl sites for hydroxylation is 1. The first-order chi connectivity index (χ1) is 9.13. The molecular formula is C14H11ClN2OS. The highest BCUT2D eigenvalue weighted by molar-refractivity contribution is 7.15. The molecular weight excluding hydrogens is 280 g/mol. The quantitative estimate of drug-likeness (QED) is 0.688. The lowest BCUT2D eigenvalue weighted by Gasteiger charge is -2.02. The fraction of sp³-hybridized carbons (Fsp3) is 0.143. The lowest BCUT2D eigenvalue weighted by Crippen LogP contribution is -2.04. The van der Waals surface area contributed by atoms with Gasteiger partial charge in [-0.1, -0.05) is 23.7 Å². The van der Waals surface area contributed by atoms with E-state index in [1.165, 1.54) is 0 Å². The zero-order valence-corrected chi connectivity index (χ0v) is 11.8. The van der Waals surface area contributed by atoms with Crippen molar-refractivity contribution in [2.45, 2.75) is 13.3 Å². The van der Waals surface area contributed by atoms with Crippen LogP contribution in [0.2, 0.25) is 5.02 Å². The van der Waals surface area contributed by atoms with E-state index < -0.39 is 0 Å². The van der Waals surface area contributed by atoms with Gasteiger partial charge in [-0.2, -0.15) is 0 Å². The second-order valence-corrected chi connectivity index (χ2v) is 5.67. The molecule has 1 aromatic carbocycles. The summed E-state index contributed by atoms with van der Waals surface area (Å²) in [6.07, 6.45) is 4.12. The molecule has 0 fully saturated rings. The molecule has 5 heteroatoms. The molecule has 0 aliphatic carbocycles. The van der Waals surface area contributed by atoms with Crippen molar-refractivity contribution in [2.75, 3.05) is 0 Å². The highest BCUT2D eigenvalue weighted by Crippen LogP contribution is 2.18. The van der Waals surface area contributed by atoms with Gasteiger partial charge < -0.3 is 0 Å². The van der Waals surface area contributed by atoms with E-state index in [9.17, 15) is 4.79 Å². The summed E-state index contributed by atoms with van der Waals surface area (Å²) in [5.41, 5.74) is 2.39. The highest BCUT2D eigenvalue weighted by atomic mass is 35.5. The Labute approximate surface area is 119 Å². The van der Waals surface area contributed by atoms with Crippen molar-refractivity contribution in [3.8, 4) is 0 Å². The summed E-state index contributed by atoms with van der Waals surface area (Å²) in [6, 6.07) is 5.39. The molecule has 2 aromatic heterocycles. The van der Waals surface area contributed by atoms with E-state index in [-0.39, 0.29) is 5.78 Å². The van der Waals surface area contributed by atoms with Crippen LogP contribution in [0.15, 0.2) is 36.0 Å². The van der Waals surface area contributed by atoms with Gasteiger partial charge in [0.1, 0.15) is 0 Å². The lowest BCUT2D eigenvalue weighted by atomic mass is 10.1. The Morgan fingerprint density at radius 3 is 3.05 bits per heavy atom. The standard InChI is InChI=1S/C14H11ClN2OS/c1-9-2-3-10(6-12(9)15)13(18)7-11-8-17-4-5-19-14(17)16-11/h2-6,8H,7H2,1H3. The number of thiazole rings is 1. The number of rotatable bonds is 3. The third kappa shape index (κ3) is 2.41. The number of carbonyl (C=O) groups is 1. The maximum atomic E-state index is 12.2. The number of carbonyl (C=O) groups excluding carboxylic acids is 1. The molecule has 0 bridgehead atoms. The fourth-order valence-corrected chi connectivity index (χ4v) is 2.79. The van der Waals surface area contributed by atoms with Crippen LogP contribution in [0.5, 0.6) is 0 Å². The molecule has 0 spiro atoms. The Kier molecular flexibility index (Phi) is 3.12. The van der Waals surface area contributed by atoms with Crippen LogP contribution < -0.4 is 0 Å². The second-order valence-electron chi connectivity index (χ2n) is 4.39. The van der Waals surface area contributed by atoms with E-state index in [2.05, 4.69) is 4.98 Å². The number of imidazole rings is 1. The average molecular weight is 291 g/mol. The Morgan fingerprint density at radius 2 is 2.32 bits per heavy atom. The van der Waals surface area contributed by atoms with Gasteiger partial charge in [0, 0.05) is 28.4 Å². The zero-order chi connectivity index (χ0) is 13.4. The van der Waals surface area contributed by atoms with Crippen molar-refractivity contribution in [3.63, 3.8) is 0 Å². The number of Topliss-reactive ketones (excluding diaryl/α,β-unsaturated/α-hetero) is 1. The van der Waals surface area contributed by atoms with Gasteiger partial charge in [-0.25, -0.2) is 4.98 Å². The molecule has 0 atom stereocenters. The van der Waals surface area contributed by atoms with Crippen LogP contribution >= 0.6 is 22.9 Å². The van der Waals surface area contributed by atoms with E-state index in [1.807, 2.05) is 41.2 Å². The van der Waals surface area contributed by atoms with Gasteiger partial charge in [0.25, 0.3) is 0 Å². The summed E-state index contributed by atoms with van der Waals surface area (Å²) in [5.74, 6) is 0.0349. The number of halogens is 1. The maximum Gasteiger partial charge on any atom is 0.193 e. The van der Waals surface area contributed by atoms with Crippen molar-refractivity contribution in [2.24, 2.45) is 0 Å². The van der Waals surface area contributed by atoms with Crippen LogP contribution in [0.1, 0.15) is 21.6 Å². The summed E-state index contributed by atoms with van der Waals surface area (Å²) in [6.45, 7) is 1.92. The third-order valence-electron chi connectivity index (χ3n) is 2.98. The monoisotopic (exact) mass is 290 g/mol. The molecule has 0 saturated heterocycles. The van der Waals surface area contributed by atoms with E-state index in [1.54, 1.807) is 17.4 Å². The van der Waals surface area contributed by atoms with Crippen molar-refractivity contribution < 1.29 is 4.79 Å². The minimum atomic E-state index is 0.0349.